The van der Waals surface area contributed by atoms with Crippen molar-refractivity contribution in [1.29, 1.82) is 0 Å². The van der Waals surface area contributed by atoms with Crippen LogP contribution < -0.4 is 0 Å². The highest BCUT2D eigenvalue weighted by Gasteiger charge is 2.62. The van der Waals surface area contributed by atoms with E-state index in [1.165, 1.54) is 6.92 Å². The minimum Gasteiger partial charge on any atom is -0.465 e. The van der Waals surface area contributed by atoms with E-state index in [9.17, 15) is 9.59 Å². The zero-order valence-electron chi connectivity index (χ0n) is 32.0. The topological polar surface area (TPSA) is 71.1 Å². The van der Waals surface area contributed by atoms with Gasteiger partial charge in [-0.2, -0.15) is 0 Å². The minimum absolute atomic E-state index is 0.0182. The van der Waals surface area contributed by atoms with Gasteiger partial charge in [0.15, 0.2) is 12.1 Å². The van der Waals surface area contributed by atoms with Crippen LogP contribution in [0.15, 0.2) is 0 Å². The van der Waals surface area contributed by atoms with Gasteiger partial charge in [-0.05, 0) is 78.9 Å². The lowest BCUT2D eigenvalue weighted by molar-refractivity contribution is -0.382. The Morgan fingerprint density at radius 2 is 1.13 bits per heavy atom. The van der Waals surface area contributed by atoms with E-state index in [0.29, 0.717) is 47.3 Å². The Morgan fingerprint density at radius 1 is 0.644 bits per heavy atom. The zero-order chi connectivity index (χ0) is 34.5. The van der Waals surface area contributed by atoms with Crippen LogP contribution in [0.25, 0.3) is 0 Å². The maximum Gasteiger partial charge on any atom is 0.313 e. The van der Waals surface area contributed by atoms with Crippen LogP contribution in [0.4, 0.5) is 0 Å². The van der Waals surface area contributed by atoms with E-state index >= 15 is 0 Å². The Balaban J connectivity index is 2.75. The fourth-order valence-corrected chi connectivity index (χ4v) is 9.10. The lowest BCUT2D eigenvalue weighted by Gasteiger charge is -2.55. The summed E-state index contributed by atoms with van der Waals surface area (Å²) in [5, 5.41) is 0. The monoisotopic (exact) mass is 637 g/mol. The molecule has 0 amide bonds. The molecule has 2 aliphatic rings. The highest BCUT2D eigenvalue weighted by atomic mass is 16.8. The average Bonchev–Trinajstić information content (AvgIpc) is 3.19. The van der Waals surface area contributed by atoms with Crippen molar-refractivity contribution in [2.24, 2.45) is 76.9 Å². The van der Waals surface area contributed by atoms with Gasteiger partial charge in [-0.15, -0.1) is 0 Å². The molecule has 6 heteroatoms. The summed E-state index contributed by atoms with van der Waals surface area (Å²) >= 11 is 0. The molecular formula is C39H72O6. The number of carbonyl (C=O) groups is 2. The second kappa shape index (κ2) is 16.9. The molecule has 0 radical (unpaired) electrons. The SMILES string of the molecule is CC(=O)CC(=O)OCC(C)C1(OC2OC(CC(C)C)C(C(C)C)C(C(C)C)C2C(C)C)OC(CC(C)C)C(C(C)C)C1C(C)C. The summed E-state index contributed by atoms with van der Waals surface area (Å²) < 4.78 is 27.9. The van der Waals surface area contributed by atoms with Gasteiger partial charge in [-0.1, -0.05) is 104 Å². The third-order valence-electron chi connectivity index (χ3n) is 10.7. The fourth-order valence-electron chi connectivity index (χ4n) is 9.10. The maximum atomic E-state index is 12.6. The van der Waals surface area contributed by atoms with Gasteiger partial charge < -0.3 is 18.9 Å². The normalized spacial score (nSPS) is 33.4. The molecule has 0 saturated carbocycles. The van der Waals surface area contributed by atoms with Crippen molar-refractivity contribution in [1.82, 2.24) is 0 Å². The van der Waals surface area contributed by atoms with Crippen molar-refractivity contribution in [3.8, 4) is 0 Å². The van der Waals surface area contributed by atoms with E-state index in [2.05, 4.69) is 104 Å². The van der Waals surface area contributed by atoms with Crippen molar-refractivity contribution >= 4 is 11.8 Å². The lowest BCUT2D eigenvalue weighted by Crippen LogP contribution is -2.59. The molecule has 0 aliphatic carbocycles. The van der Waals surface area contributed by atoms with Gasteiger partial charge in [0.1, 0.15) is 12.2 Å². The van der Waals surface area contributed by atoms with Gasteiger partial charge in [-0.25, -0.2) is 0 Å². The quantitative estimate of drug-likeness (QED) is 0.124. The molecule has 10 atom stereocenters. The molecule has 0 N–H and O–H groups in total. The van der Waals surface area contributed by atoms with Crippen LogP contribution in [-0.2, 0) is 28.5 Å². The predicted molar refractivity (Wildman–Crippen MR) is 183 cm³/mol. The fraction of sp³-hybridized carbons (Fsp3) is 0.949. The van der Waals surface area contributed by atoms with Crippen LogP contribution in [0.1, 0.15) is 130 Å². The Hall–Kier alpha value is -0.980. The molecule has 0 aromatic carbocycles. The molecule has 6 nitrogen and oxygen atoms in total. The van der Waals surface area contributed by atoms with E-state index in [-0.39, 0.29) is 60.6 Å². The molecule has 0 bridgehead atoms. The summed E-state index contributed by atoms with van der Waals surface area (Å²) in [6, 6.07) is 0. The Bertz CT molecular complexity index is 922. The number of hydrogen-bond acceptors (Lipinski definition) is 6. The number of rotatable bonds is 16. The Kier molecular flexibility index (Phi) is 15.1. The van der Waals surface area contributed by atoms with Gasteiger partial charge in [-0.3, -0.25) is 9.59 Å². The molecule has 2 heterocycles. The molecule has 2 saturated heterocycles. The van der Waals surface area contributed by atoms with Crippen molar-refractivity contribution in [3.05, 3.63) is 0 Å². The summed E-state index contributed by atoms with van der Waals surface area (Å²) in [4.78, 5) is 24.3. The molecule has 2 fully saturated rings. The average molecular weight is 637 g/mol. The van der Waals surface area contributed by atoms with E-state index in [1.54, 1.807) is 0 Å². The molecule has 0 aromatic heterocycles. The smallest absolute Gasteiger partial charge is 0.313 e. The summed E-state index contributed by atoms with van der Waals surface area (Å²) in [5.41, 5.74) is 0. The first-order chi connectivity index (χ1) is 20.7. The summed E-state index contributed by atoms with van der Waals surface area (Å²) in [7, 11) is 0. The van der Waals surface area contributed by atoms with Crippen molar-refractivity contribution in [2.45, 2.75) is 154 Å². The zero-order valence-corrected chi connectivity index (χ0v) is 32.0. The number of Topliss-reactive ketones (excluding diaryl/α,β-unsaturated/α-hetero) is 1. The third kappa shape index (κ3) is 9.78. The van der Waals surface area contributed by atoms with E-state index in [0.717, 1.165) is 12.8 Å². The highest BCUT2D eigenvalue weighted by molar-refractivity contribution is 5.94. The van der Waals surface area contributed by atoms with Gasteiger partial charge in [0.2, 0.25) is 0 Å². The molecule has 264 valence electrons. The number of ether oxygens (including phenoxy) is 4. The van der Waals surface area contributed by atoms with Crippen LogP contribution in [0.2, 0.25) is 0 Å². The van der Waals surface area contributed by atoms with Gasteiger partial charge >= 0.3 is 5.97 Å². The second-order valence-electron chi connectivity index (χ2n) is 17.3. The summed E-state index contributed by atoms with van der Waals surface area (Å²) in [6.07, 6.45) is 1.37. The predicted octanol–water partition coefficient (Wildman–Crippen LogP) is 9.43. The van der Waals surface area contributed by atoms with Crippen LogP contribution in [0.5, 0.6) is 0 Å². The number of carbonyl (C=O) groups excluding carboxylic acids is 2. The van der Waals surface area contributed by atoms with Crippen LogP contribution in [0, 0.1) is 76.9 Å². The van der Waals surface area contributed by atoms with Crippen LogP contribution in [-0.4, -0.2) is 42.6 Å². The first-order valence-electron chi connectivity index (χ1n) is 18.4. The Labute approximate surface area is 277 Å². The van der Waals surface area contributed by atoms with Crippen molar-refractivity contribution in [3.63, 3.8) is 0 Å². The van der Waals surface area contributed by atoms with E-state index in [4.69, 9.17) is 18.9 Å². The van der Waals surface area contributed by atoms with Gasteiger partial charge in [0, 0.05) is 17.8 Å². The first kappa shape index (κ1) is 40.2. The number of esters is 1. The number of ketones is 1. The summed E-state index contributed by atoms with van der Waals surface area (Å²) in [5.74, 6) is 2.35. The second-order valence-corrected chi connectivity index (χ2v) is 17.3. The molecule has 45 heavy (non-hydrogen) atoms. The van der Waals surface area contributed by atoms with E-state index < -0.39 is 18.0 Å². The third-order valence-corrected chi connectivity index (χ3v) is 10.7. The molecule has 0 aromatic rings. The standard InChI is InChI=1S/C39H72O6/c1-21(2)17-30-33(23(5)6)35(25(9)10)36(26(11)12)38(43-30)45-39(28(15)20-42-32(41)19-29(16)40)37(27(13)14)34(24(7)8)31(44-39)18-22(3)4/h21-28,30-31,33-38H,17-20H2,1-16H3. The molecule has 10 unspecified atom stereocenters. The Morgan fingerprint density at radius 3 is 1.56 bits per heavy atom. The van der Waals surface area contributed by atoms with Crippen molar-refractivity contribution in [2.75, 3.05) is 6.61 Å². The lowest BCUT2D eigenvalue weighted by atomic mass is 9.62. The maximum absolute atomic E-state index is 12.6. The molecule has 2 aliphatic heterocycles. The van der Waals surface area contributed by atoms with E-state index in [1.807, 2.05) is 0 Å². The largest absolute Gasteiger partial charge is 0.465 e. The van der Waals surface area contributed by atoms with Crippen LogP contribution in [0.3, 0.4) is 0 Å². The van der Waals surface area contributed by atoms with Gasteiger partial charge in [0.05, 0.1) is 18.8 Å². The van der Waals surface area contributed by atoms with Crippen LogP contribution >= 0.6 is 0 Å². The number of hydrogen-bond donors (Lipinski definition) is 0. The first-order valence-corrected chi connectivity index (χ1v) is 18.4. The minimum atomic E-state index is -1.01. The molecule has 0 spiro atoms. The molecular weight excluding hydrogens is 564 g/mol. The summed E-state index contributed by atoms with van der Waals surface area (Å²) in [6.45, 7) is 36.0. The highest BCUT2D eigenvalue weighted by Crippen LogP contribution is 2.56. The van der Waals surface area contributed by atoms with Crippen molar-refractivity contribution < 1.29 is 28.5 Å². The molecule has 2 rings (SSSR count). The van der Waals surface area contributed by atoms with Gasteiger partial charge in [0.25, 0.3) is 0 Å².